The summed E-state index contributed by atoms with van der Waals surface area (Å²) in [5, 5.41) is 3.72. The molecule has 1 aliphatic rings. The van der Waals surface area contributed by atoms with Crippen LogP contribution in [0.25, 0.3) is 0 Å². The van der Waals surface area contributed by atoms with E-state index in [2.05, 4.69) is 30.0 Å². The van der Waals surface area contributed by atoms with Gasteiger partial charge in [-0.25, -0.2) is 0 Å². The van der Waals surface area contributed by atoms with E-state index >= 15 is 0 Å². The molecule has 0 saturated heterocycles. The summed E-state index contributed by atoms with van der Waals surface area (Å²) in [5.41, 5.74) is 5.29. The van der Waals surface area contributed by atoms with Gasteiger partial charge >= 0.3 is 0 Å². The average molecular weight is 365 g/mol. The van der Waals surface area contributed by atoms with Crippen LogP contribution >= 0.6 is 12.2 Å². The van der Waals surface area contributed by atoms with Crippen molar-refractivity contribution in [3.63, 3.8) is 0 Å². The van der Waals surface area contributed by atoms with E-state index < -0.39 is 0 Å². The predicted octanol–water partition coefficient (Wildman–Crippen LogP) is 2.39. The minimum absolute atomic E-state index is 0.132. The fourth-order valence-corrected chi connectivity index (χ4v) is 3.24. The van der Waals surface area contributed by atoms with E-state index in [-0.39, 0.29) is 12.5 Å². The highest BCUT2D eigenvalue weighted by atomic mass is 32.1. The zero-order chi connectivity index (χ0) is 18.2. The van der Waals surface area contributed by atoms with Crippen molar-refractivity contribution in [3.05, 3.63) is 24.3 Å². The number of methoxy groups -OCH3 is 1. The number of hydrogen-bond acceptors (Lipinski definition) is 4. The zero-order valence-corrected chi connectivity index (χ0v) is 15.8. The van der Waals surface area contributed by atoms with Gasteiger partial charge in [0.05, 0.1) is 7.11 Å². The highest BCUT2D eigenvalue weighted by Gasteiger charge is 2.27. The van der Waals surface area contributed by atoms with Gasteiger partial charge in [-0.3, -0.25) is 15.6 Å². The lowest BCUT2D eigenvalue weighted by Gasteiger charge is -2.35. The number of carbonyl (C=O) groups is 1. The Hall–Kier alpha value is -2.02. The average Bonchev–Trinajstić information content (AvgIpc) is 2.62. The normalized spacial score (nSPS) is 22.6. The predicted molar refractivity (Wildman–Crippen MR) is 101 cm³/mol. The number of amides is 1. The monoisotopic (exact) mass is 365 g/mol. The largest absolute Gasteiger partial charge is 0.493 e. The molecule has 138 valence electrons. The molecule has 1 saturated carbocycles. The molecule has 6 nitrogen and oxygen atoms in total. The Morgan fingerprint density at radius 3 is 2.64 bits per heavy atom. The molecule has 1 aromatic rings. The Morgan fingerprint density at radius 2 is 1.92 bits per heavy atom. The van der Waals surface area contributed by atoms with Crippen molar-refractivity contribution in [2.75, 3.05) is 13.7 Å². The smallest absolute Gasteiger partial charge is 0.276 e. The maximum absolute atomic E-state index is 11.9. The van der Waals surface area contributed by atoms with E-state index in [0.717, 1.165) is 6.42 Å². The highest BCUT2D eigenvalue weighted by molar-refractivity contribution is 7.80. The molecule has 2 rings (SSSR count). The third kappa shape index (κ3) is 5.77. The van der Waals surface area contributed by atoms with E-state index in [9.17, 15) is 4.79 Å². The summed E-state index contributed by atoms with van der Waals surface area (Å²) in [5.74, 6) is 2.02. The summed E-state index contributed by atoms with van der Waals surface area (Å²) < 4.78 is 10.6. The Balaban J connectivity index is 1.71. The van der Waals surface area contributed by atoms with Crippen LogP contribution in [-0.2, 0) is 4.79 Å². The minimum atomic E-state index is -0.319. The molecule has 1 fully saturated rings. The molecular weight excluding hydrogens is 338 g/mol. The topological polar surface area (TPSA) is 71.6 Å². The first-order chi connectivity index (χ1) is 12.0. The third-order valence-electron chi connectivity index (χ3n) is 4.77. The van der Waals surface area contributed by atoms with Crippen LogP contribution in [0.2, 0.25) is 0 Å². The first-order valence-electron chi connectivity index (χ1n) is 8.62. The van der Waals surface area contributed by atoms with Crippen molar-refractivity contribution in [2.45, 2.75) is 39.2 Å². The number of ether oxygens (including phenoxy) is 2. The molecule has 0 radical (unpaired) electrons. The molecule has 0 bridgehead atoms. The van der Waals surface area contributed by atoms with E-state index in [1.165, 1.54) is 12.8 Å². The number of hydrogen-bond donors (Lipinski definition) is 3. The lowest BCUT2D eigenvalue weighted by Crippen LogP contribution is -2.53. The molecule has 0 aliphatic heterocycles. The Bertz CT molecular complexity index is 597. The molecule has 7 heteroatoms. The molecule has 3 N–H and O–H groups in total. The summed E-state index contributed by atoms with van der Waals surface area (Å²) in [7, 11) is 1.56. The maximum atomic E-state index is 11.9. The molecule has 0 spiro atoms. The number of nitrogens with one attached hydrogen (secondary N) is 3. The molecule has 0 unspecified atom stereocenters. The Kier molecular flexibility index (Phi) is 7.31. The van der Waals surface area contributed by atoms with Crippen molar-refractivity contribution < 1.29 is 14.3 Å². The number of carbonyl (C=O) groups excluding carboxylic acids is 1. The van der Waals surface area contributed by atoms with Gasteiger partial charge in [0, 0.05) is 6.04 Å². The van der Waals surface area contributed by atoms with Gasteiger partial charge in [0.25, 0.3) is 5.91 Å². The molecule has 3 atom stereocenters. The van der Waals surface area contributed by atoms with Crippen LogP contribution in [-0.4, -0.2) is 30.8 Å². The van der Waals surface area contributed by atoms with Crippen LogP contribution in [0.1, 0.15) is 33.1 Å². The standard InChI is InChI=1S/C18H27N3O3S/c1-12-7-6-8-14(13(12)2)19-18(25)21-20-17(22)11-24-16-10-5-4-9-15(16)23-3/h4-5,9-10,12-14H,6-8,11H2,1-3H3,(H,20,22)(H2,19,21,25)/t12-,13-,14-/m1/s1. The third-order valence-corrected chi connectivity index (χ3v) is 4.99. The van der Waals surface area contributed by atoms with Crippen molar-refractivity contribution in [2.24, 2.45) is 11.8 Å². The van der Waals surface area contributed by atoms with Crippen LogP contribution in [0, 0.1) is 11.8 Å². The Labute approximate surface area is 154 Å². The fraction of sp³-hybridized carbons (Fsp3) is 0.556. The second kappa shape index (κ2) is 9.46. The SMILES string of the molecule is COc1ccccc1OCC(=O)NNC(=S)N[C@@H]1CCC[C@@H](C)[C@H]1C. The van der Waals surface area contributed by atoms with Gasteiger partial charge < -0.3 is 14.8 Å². The summed E-state index contributed by atoms with van der Waals surface area (Å²) in [6, 6.07) is 7.52. The van der Waals surface area contributed by atoms with E-state index in [1.807, 2.05) is 12.1 Å². The van der Waals surface area contributed by atoms with E-state index in [4.69, 9.17) is 21.7 Å². The molecule has 0 heterocycles. The van der Waals surface area contributed by atoms with E-state index in [0.29, 0.717) is 34.5 Å². The first-order valence-corrected chi connectivity index (χ1v) is 9.03. The van der Waals surface area contributed by atoms with E-state index in [1.54, 1.807) is 19.2 Å². The van der Waals surface area contributed by atoms with Crippen molar-refractivity contribution in [3.8, 4) is 11.5 Å². The van der Waals surface area contributed by atoms with Gasteiger partial charge in [-0.15, -0.1) is 0 Å². The number of benzene rings is 1. The van der Waals surface area contributed by atoms with Gasteiger partial charge in [-0.05, 0) is 42.6 Å². The fourth-order valence-electron chi connectivity index (χ4n) is 3.03. The van der Waals surface area contributed by atoms with Crippen LogP contribution in [0.3, 0.4) is 0 Å². The minimum Gasteiger partial charge on any atom is -0.493 e. The summed E-state index contributed by atoms with van der Waals surface area (Å²) in [6.07, 6.45) is 3.56. The first kappa shape index (κ1) is 19.3. The molecule has 0 aromatic heterocycles. The number of para-hydroxylation sites is 2. The number of thiocarbonyl (C=S) groups is 1. The van der Waals surface area contributed by atoms with Gasteiger partial charge in [0.15, 0.2) is 23.2 Å². The van der Waals surface area contributed by atoms with Crippen LogP contribution in [0.5, 0.6) is 11.5 Å². The van der Waals surface area contributed by atoms with Gasteiger partial charge in [0.1, 0.15) is 0 Å². The summed E-state index contributed by atoms with van der Waals surface area (Å²) in [6.45, 7) is 4.38. The second-order valence-electron chi connectivity index (χ2n) is 6.46. The molecule has 1 aliphatic carbocycles. The highest BCUT2D eigenvalue weighted by Crippen LogP contribution is 2.29. The number of hydrazine groups is 1. The maximum Gasteiger partial charge on any atom is 0.276 e. The second-order valence-corrected chi connectivity index (χ2v) is 6.87. The lowest BCUT2D eigenvalue weighted by molar-refractivity contribution is -0.123. The summed E-state index contributed by atoms with van der Waals surface area (Å²) in [4.78, 5) is 11.9. The van der Waals surface area contributed by atoms with Crippen LogP contribution in [0.15, 0.2) is 24.3 Å². The quantitative estimate of drug-likeness (QED) is 0.550. The zero-order valence-electron chi connectivity index (χ0n) is 15.0. The van der Waals surface area contributed by atoms with Gasteiger partial charge in [-0.2, -0.15) is 0 Å². The molecule has 1 aromatic carbocycles. The number of rotatable bonds is 5. The lowest BCUT2D eigenvalue weighted by atomic mass is 9.78. The van der Waals surface area contributed by atoms with Gasteiger partial charge in [0.2, 0.25) is 0 Å². The van der Waals surface area contributed by atoms with Crippen molar-refractivity contribution >= 4 is 23.2 Å². The van der Waals surface area contributed by atoms with Crippen LogP contribution in [0.4, 0.5) is 0 Å². The van der Waals surface area contributed by atoms with Gasteiger partial charge in [-0.1, -0.05) is 38.8 Å². The Morgan fingerprint density at radius 1 is 1.20 bits per heavy atom. The molecule has 1 amide bonds. The van der Waals surface area contributed by atoms with Crippen molar-refractivity contribution in [1.82, 2.24) is 16.2 Å². The molecule has 25 heavy (non-hydrogen) atoms. The summed E-state index contributed by atoms with van der Waals surface area (Å²) >= 11 is 5.26. The van der Waals surface area contributed by atoms with Crippen LogP contribution < -0.4 is 25.6 Å². The van der Waals surface area contributed by atoms with Crippen molar-refractivity contribution in [1.29, 1.82) is 0 Å². The molecular formula is C18H27N3O3S.